The average Bonchev–Trinajstić information content (AvgIpc) is 3.11. The van der Waals surface area contributed by atoms with Gasteiger partial charge in [0.1, 0.15) is 17.5 Å². The fourth-order valence-corrected chi connectivity index (χ4v) is 2.86. The van der Waals surface area contributed by atoms with Gasteiger partial charge in [0, 0.05) is 28.5 Å². The third-order valence-electron chi connectivity index (χ3n) is 4.30. The van der Waals surface area contributed by atoms with Crippen LogP contribution in [0.1, 0.15) is 11.1 Å². The zero-order chi connectivity index (χ0) is 19.0. The van der Waals surface area contributed by atoms with Gasteiger partial charge in [0.15, 0.2) is 0 Å². The second kappa shape index (κ2) is 6.38. The fourth-order valence-electron chi connectivity index (χ4n) is 2.86. The van der Waals surface area contributed by atoms with E-state index in [9.17, 15) is 0 Å². The molecule has 4 aromatic rings. The molecule has 0 bridgehead atoms. The van der Waals surface area contributed by atoms with Crippen LogP contribution in [-0.2, 0) is 0 Å². The zero-order valence-corrected chi connectivity index (χ0v) is 14.3. The Hall–Kier alpha value is -4.00. The quantitative estimate of drug-likeness (QED) is 0.283. The lowest BCUT2D eigenvalue weighted by Gasteiger charge is -2.04. The van der Waals surface area contributed by atoms with Crippen molar-refractivity contribution in [3.8, 4) is 22.6 Å². The first kappa shape index (κ1) is 16.5. The average molecular weight is 355 g/mol. The van der Waals surface area contributed by atoms with E-state index >= 15 is 0 Å². The standard InChI is InChI=1S/C20H17N7/c21-18(22)12-4-7-16-17(9-12)27-20(26-16)13-3-1-2-11(8-13)15-6-5-14(10-25-15)19(23)24/h1-10H,(H3,21,22)(H3,23,24)(H,26,27). The highest BCUT2D eigenvalue weighted by atomic mass is 14.9. The zero-order valence-electron chi connectivity index (χ0n) is 14.3. The Kier molecular flexibility index (Phi) is 3.89. The van der Waals surface area contributed by atoms with Crippen LogP contribution in [0.4, 0.5) is 0 Å². The summed E-state index contributed by atoms with van der Waals surface area (Å²) < 4.78 is 0. The lowest BCUT2D eigenvalue weighted by Crippen LogP contribution is -2.11. The van der Waals surface area contributed by atoms with Crippen molar-refractivity contribution in [3.05, 3.63) is 71.9 Å². The van der Waals surface area contributed by atoms with E-state index in [4.69, 9.17) is 22.3 Å². The van der Waals surface area contributed by atoms with Gasteiger partial charge in [0.2, 0.25) is 0 Å². The molecule has 7 heteroatoms. The molecule has 0 aliphatic heterocycles. The van der Waals surface area contributed by atoms with E-state index < -0.39 is 0 Å². The molecule has 0 aliphatic rings. The van der Waals surface area contributed by atoms with Gasteiger partial charge in [0.05, 0.1) is 16.7 Å². The van der Waals surface area contributed by atoms with Gasteiger partial charge >= 0.3 is 0 Å². The van der Waals surface area contributed by atoms with Crippen molar-refractivity contribution in [2.75, 3.05) is 0 Å². The second-order valence-electron chi connectivity index (χ2n) is 6.16. The van der Waals surface area contributed by atoms with Crippen LogP contribution in [-0.4, -0.2) is 26.6 Å². The number of nitrogens with one attached hydrogen (secondary N) is 3. The van der Waals surface area contributed by atoms with Crippen molar-refractivity contribution >= 4 is 22.7 Å². The first-order valence-electron chi connectivity index (χ1n) is 8.27. The van der Waals surface area contributed by atoms with E-state index in [0.29, 0.717) is 11.1 Å². The maximum atomic E-state index is 7.56. The fraction of sp³-hybridized carbons (Fsp3) is 0. The number of benzene rings is 2. The Balaban J connectivity index is 1.72. The van der Waals surface area contributed by atoms with Gasteiger partial charge in [-0.2, -0.15) is 0 Å². The molecule has 0 unspecified atom stereocenters. The van der Waals surface area contributed by atoms with Crippen LogP contribution >= 0.6 is 0 Å². The minimum Gasteiger partial charge on any atom is -0.384 e. The third kappa shape index (κ3) is 3.13. The molecule has 27 heavy (non-hydrogen) atoms. The molecule has 2 aromatic heterocycles. The summed E-state index contributed by atoms with van der Waals surface area (Å²) in [6, 6.07) is 16.9. The lowest BCUT2D eigenvalue weighted by molar-refractivity contribution is 1.29. The number of rotatable bonds is 4. The Morgan fingerprint density at radius 1 is 0.852 bits per heavy atom. The normalized spacial score (nSPS) is 10.8. The lowest BCUT2D eigenvalue weighted by atomic mass is 10.1. The Labute approximate surface area is 155 Å². The molecule has 2 aromatic carbocycles. The molecule has 7 nitrogen and oxygen atoms in total. The largest absolute Gasteiger partial charge is 0.384 e. The van der Waals surface area contributed by atoms with Gasteiger partial charge in [-0.25, -0.2) is 4.98 Å². The van der Waals surface area contributed by atoms with Crippen LogP contribution in [0.3, 0.4) is 0 Å². The molecule has 0 amide bonds. The molecule has 0 atom stereocenters. The number of nitrogens with zero attached hydrogens (tertiary/aromatic N) is 2. The number of H-pyrrole nitrogens is 1. The molecule has 2 heterocycles. The molecule has 7 N–H and O–H groups in total. The number of aromatic nitrogens is 3. The Bertz CT molecular complexity index is 1170. The van der Waals surface area contributed by atoms with Gasteiger partial charge in [0.25, 0.3) is 0 Å². The topological polar surface area (TPSA) is 141 Å². The molecule has 0 aliphatic carbocycles. The van der Waals surface area contributed by atoms with Crippen LogP contribution < -0.4 is 11.5 Å². The monoisotopic (exact) mass is 355 g/mol. The van der Waals surface area contributed by atoms with Crippen LogP contribution in [0.5, 0.6) is 0 Å². The number of imidazole rings is 1. The van der Waals surface area contributed by atoms with E-state index in [0.717, 1.165) is 33.7 Å². The predicted octanol–water partition coefficient (Wildman–Crippen LogP) is 2.86. The number of nitrogen functional groups attached to an aromatic ring is 2. The Morgan fingerprint density at radius 2 is 1.59 bits per heavy atom. The molecule has 0 saturated carbocycles. The molecule has 0 spiro atoms. The summed E-state index contributed by atoms with van der Waals surface area (Å²) in [5.74, 6) is 0.748. The summed E-state index contributed by atoms with van der Waals surface area (Å²) in [5, 5.41) is 15.0. The molecule has 0 saturated heterocycles. The highest BCUT2D eigenvalue weighted by molar-refractivity contribution is 5.98. The van der Waals surface area contributed by atoms with Gasteiger partial charge in [-0.1, -0.05) is 18.2 Å². The van der Waals surface area contributed by atoms with Crippen molar-refractivity contribution in [1.29, 1.82) is 10.8 Å². The molecule has 0 fully saturated rings. The van der Waals surface area contributed by atoms with E-state index in [-0.39, 0.29) is 11.7 Å². The maximum Gasteiger partial charge on any atom is 0.138 e. The van der Waals surface area contributed by atoms with E-state index in [1.807, 2.05) is 42.5 Å². The number of nitrogens with two attached hydrogens (primary N) is 2. The summed E-state index contributed by atoms with van der Waals surface area (Å²) in [6.45, 7) is 0. The molecule has 132 valence electrons. The second-order valence-corrected chi connectivity index (χ2v) is 6.16. The molecule has 4 rings (SSSR count). The van der Waals surface area contributed by atoms with Gasteiger partial charge in [-0.3, -0.25) is 15.8 Å². The molecular weight excluding hydrogens is 338 g/mol. The minimum absolute atomic E-state index is 0.00462. The van der Waals surface area contributed by atoms with Crippen molar-refractivity contribution in [1.82, 2.24) is 15.0 Å². The third-order valence-corrected chi connectivity index (χ3v) is 4.30. The summed E-state index contributed by atoms with van der Waals surface area (Å²) in [4.78, 5) is 12.3. The van der Waals surface area contributed by atoms with Crippen LogP contribution in [0.2, 0.25) is 0 Å². The van der Waals surface area contributed by atoms with Gasteiger partial charge < -0.3 is 16.5 Å². The predicted molar refractivity (Wildman–Crippen MR) is 107 cm³/mol. The van der Waals surface area contributed by atoms with Gasteiger partial charge in [-0.15, -0.1) is 0 Å². The SMILES string of the molecule is N=C(N)c1ccc(-c2cccc(-c3nc4ccc(C(=N)N)cc4[nH]3)c2)nc1. The van der Waals surface area contributed by atoms with Crippen LogP contribution in [0.15, 0.2) is 60.8 Å². The number of aromatic amines is 1. The van der Waals surface area contributed by atoms with Crippen molar-refractivity contribution in [3.63, 3.8) is 0 Å². The van der Waals surface area contributed by atoms with Crippen LogP contribution in [0, 0.1) is 10.8 Å². The molecule has 0 radical (unpaired) electrons. The first-order chi connectivity index (χ1) is 13.0. The number of hydrogen-bond donors (Lipinski definition) is 5. The summed E-state index contributed by atoms with van der Waals surface area (Å²) in [5.41, 5.74) is 16.6. The smallest absolute Gasteiger partial charge is 0.138 e. The van der Waals surface area contributed by atoms with E-state index in [2.05, 4.69) is 15.0 Å². The highest BCUT2D eigenvalue weighted by Gasteiger charge is 2.09. The van der Waals surface area contributed by atoms with Crippen molar-refractivity contribution < 1.29 is 0 Å². The number of fused-ring (bicyclic) bond motifs is 1. The summed E-state index contributed by atoms with van der Waals surface area (Å²) in [6.07, 6.45) is 1.59. The molecular formula is C20H17N7. The Morgan fingerprint density at radius 3 is 2.30 bits per heavy atom. The number of amidine groups is 2. The highest BCUT2D eigenvalue weighted by Crippen LogP contribution is 2.26. The summed E-state index contributed by atoms with van der Waals surface area (Å²) >= 11 is 0. The maximum absolute atomic E-state index is 7.56. The number of hydrogen-bond acceptors (Lipinski definition) is 4. The van der Waals surface area contributed by atoms with Crippen LogP contribution in [0.25, 0.3) is 33.7 Å². The first-order valence-corrected chi connectivity index (χ1v) is 8.27. The van der Waals surface area contributed by atoms with E-state index in [1.165, 1.54) is 0 Å². The van der Waals surface area contributed by atoms with Crippen molar-refractivity contribution in [2.45, 2.75) is 0 Å². The number of pyridine rings is 1. The summed E-state index contributed by atoms with van der Waals surface area (Å²) in [7, 11) is 0. The van der Waals surface area contributed by atoms with Gasteiger partial charge in [-0.05, 0) is 36.4 Å². The van der Waals surface area contributed by atoms with Crippen molar-refractivity contribution in [2.24, 2.45) is 11.5 Å². The minimum atomic E-state index is -0.00462. The van der Waals surface area contributed by atoms with E-state index in [1.54, 1.807) is 18.3 Å².